The van der Waals surface area contributed by atoms with E-state index in [9.17, 15) is 9.90 Å². The maximum atomic E-state index is 10.6. The quantitative estimate of drug-likeness (QED) is 0.750. The minimum atomic E-state index is -1.23. The van der Waals surface area contributed by atoms with Gasteiger partial charge in [-0.15, -0.1) is 0 Å². The molecule has 2 aliphatic rings. The number of carbonyl (C=O) groups is 1. The molecular formula is C13H23NO4. The number of ether oxygens (including phenoxy) is 1. The third-order valence-electron chi connectivity index (χ3n) is 4.28. The molecule has 1 saturated carbocycles. The molecule has 1 aliphatic heterocycles. The van der Waals surface area contributed by atoms with Crippen molar-refractivity contribution in [1.29, 1.82) is 0 Å². The second kappa shape index (κ2) is 5.89. The first kappa shape index (κ1) is 13.6. The lowest BCUT2D eigenvalue weighted by atomic mass is 9.83. The van der Waals surface area contributed by atoms with Crippen LogP contribution in [-0.2, 0) is 4.74 Å². The fourth-order valence-electron chi connectivity index (χ4n) is 2.99. The Balaban J connectivity index is 1.93. The second-order valence-electron chi connectivity index (χ2n) is 5.63. The van der Waals surface area contributed by atoms with Crippen LogP contribution in [0.3, 0.4) is 0 Å². The monoisotopic (exact) mass is 257 g/mol. The molecule has 0 bridgehead atoms. The molecule has 0 amide bonds. The largest absolute Gasteiger partial charge is 0.506 e. The lowest BCUT2D eigenvalue weighted by molar-refractivity contribution is -0.0415. The van der Waals surface area contributed by atoms with Crippen molar-refractivity contribution in [3.63, 3.8) is 0 Å². The zero-order chi connectivity index (χ0) is 13.1. The van der Waals surface area contributed by atoms with Gasteiger partial charge in [-0.2, -0.15) is 0 Å². The van der Waals surface area contributed by atoms with E-state index in [1.165, 1.54) is 19.3 Å². The molecule has 0 aromatic carbocycles. The third kappa shape index (κ3) is 3.36. The van der Waals surface area contributed by atoms with Crippen molar-refractivity contribution in [1.82, 2.24) is 4.90 Å². The van der Waals surface area contributed by atoms with Crippen molar-refractivity contribution >= 4 is 6.16 Å². The molecular weight excluding hydrogens is 234 g/mol. The molecule has 5 nitrogen and oxygen atoms in total. The van der Waals surface area contributed by atoms with E-state index in [-0.39, 0.29) is 18.2 Å². The van der Waals surface area contributed by atoms with E-state index in [4.69, 9.17) is 9.84 Å². The summed E-state index contributed by atoms with van der Waals surface area (Å²) in [6.45, 7) is 3.64. The molecule has 3 unspecified atom stereocenters. The number of likely N-dealkylation sites (tertiary alicyclic amines) is 1. The van der Waals surface area contributed by atoms with Gasteiger partial charge in [-0.3, -0.25) is 4.90 Å². The zero-order valence-electron chi connectivity index (χ0n) is 10.9. The van der Waals surface area contributed by atoms with Crippen LogP contribution in [0.5, 0.6) is 0 Å². The Morgan fingerprint density at radius 3 is 2.72 bits per heavy atom. The van der Waals surface area contributed by atoms with Crippen LogP contribution in [0, 0.1) is 5.92 Å². The molecule has 0 aromatic rings. The molecule has 104 valence electrons. The Morgan fingerprint density at radius 1 is 1.44 bits per heavy atom. The zero-order valence-corrected chi connectivity index (χ0v) is 10.9. The number of hydrogen-bond acceptors (Lipinski definition) is 4. The summed E-state index contributed by atoms with van der Waals surface area (Å²) >= 11 is 0. The van der Waals surface area contributed by atoms with Gasteiger partial charge in [-0.05, 0) is 38.5 Å². The Morgan fingerprint density at radius 2 is 2.17 bits per heavy atom. The van der Waals surface area contributed by atoms with Crippen LogP contribution in [0.25, 0.3) is 0 Å². The molecule has 3 atom stereocenters. The van der Waals surface area contributed by atoms with E-state index in [0.29, 0.717) is 6.42 Å². The Bertz CT molecular complexity index is 293. The van der Waals surface area contributed by atoms with Gasteiger partial charge in [0, 0.05) is 19.1 Å². The average Bonchev–Trinajstić information content (AvgIpc) is 2.23. The van der Waals surface area contributed by atoms with E-state index >= 15 is 0 Å². The fraction of sp³-hybridized carbons (Fsp3) is 0.923. The Kier molecular flexibility index (Phi) is 4.45. The average molecular weight is 257 g/mol. The Labute approximate surface area is 108 Å². The van der Waals surface area contributed by atoms with Gasteiger partial charge in [0.1, 0.15) is 6.10 Å². The first-order valence-corrected chi connectivity index (χ1v) is 6.88. The molecule has 1 heterocycles. The first-order valence-electron chi connectivity index (χ1n) is 6.88. The fourth-order valence-corrected chi connectivity index (χ4v) is 2.99. The number of hydrogen-bond donors (Lipinski definition) is 2. The highest BCUT2D eigenvalue weighted by Gasteiger charge is 2.35. The van der Waals surface area contributed by atoms with Crippen molar-refractivity contribution in [2.75, 3.05) is 13.1 Å². The number of piperidine rings is 1. The van der Waals surface area contributed by atoms with Crippen LogP contribution in [0.1, 0.15) is 39.0 Å². The van der Waals surface area contributed by atoms with Gasteiger partial charge in [-0.1, -0.05) is 6.42 Å². The number of rotatable bonds is 4. The van der Waals surface area contributed by atoms with Crippen molar-refractivity contribution in [3.05, 3.63) is 0 Å². The summed E-state index contributed by atoms with van der Waals surface area (Å²) in [5.74, 6) is 0.750. The SMILES string of the molecule is CC(OC(=O)O)C1CC(O)CCN1CC1CCC1. The summed E-state index contributed by atoms with van der Waals surface area (Å²) in [6, 6.07) is 0.0189. The maximum Gasteiger partial charge on any atom is 0.506 e. The van der Waals surface area contributed by atoms with Crippen LogP contribution in [0.15, 0.2) is 0 Å². The van der Waals surface area contributed by atoms with Crippen molar-refractivity contribution in [2.24, 2.45) is 5.92 Å². The molecule has 5 heteroatoms. The van der Waals surface area contributed by atoms with Crippen LogP contribution in [-0.4, -0.2) is 52.6 Å². The minimum absolute atomic E-state index is 0.0189. The molecule has 1 aliphatic carbocycles. The predicted octanol–water partition coefficient (Wildman–Crippen LogP) is 1.69. The number of carboxylic acid groups (broad SMARTS) is 1. The summed E-state index contributed by atoms with van der Waals surface area (Å²) in [7, 11) is 0. The topological polar surface area (TPSA) is 70.0 Å². The predicted molar refractivity (Wildman–Crippen MR) is 66.5 cm³/mol. The normalized spacial score (nSPS) is 31.7. The number of nitrogens with zero attached hydrogens (tertiary/aromatic N) is 1. The first-order chi connectivity index (χ1) is 8.56. The highest BCUT2D eigenvalue weighted by atomic mass is 16.7. The Hall–Kier alpha value is -0.810. The summed E-state index contributed by atoms with van der Waals surface area (Å²) in [6.07, 6.45) is 3.33. The van der Waals surface area contributed by atoms with Gasteiger partial charge in [0.05, 0.1) is 6.10 Å². The maximum absolute atomic E-state index is 10.6. The minimum Gasteiger partial charge on any atom is -0.450 e. The van der Waals surface area contributed by atoms with Gasteiger partial charge in [0.25, 0.3) is 0 Å². The van der Waals surface area contributed by atoms with Gasteiger partial charge in [0.15, 0.2) is 0 Å². The number of aliphatic hydroxyl groups excluding tert-OH is 1. The second-order valence-corrected chi connectivity index (χ2v) is 5.63. The molecule has 18 heavy (non-hydrogen) atoms. The third-order valence-corrected chi connectivity index (χ3v) is 4.28. The number of aliphatic hydroxyl groups is 1. The van der Waals surface area contributed by atoms with Crippen LogP contribution in [0.4, 0.5) is 4.79 Å². The summed E-state index contributed by atoms with van der Waals surface area (Å²) < 4.78 is 4.87. The molecule has 1 saturated heterocycles. The highest BCUT2D eigenvalue weighted by molar-refractivity contribution is 5.57. The van der Waals surface area contributed by atoms with E-state index < -0.39 is 6.16 Å². The van der Waals surface area contributed by atoms with Crippen molar-refractivity contribution in [2.45, 2.75) is 57.3 Å². The smallest absolute Gasteiger partial charge is 0.450 e. The van der Waals surface area contributed by atoms with Gasteiger partial charge >= 0.3 is 6.16 Å². The van der Waals surface area contributed by atoms with Gasteiger partial charge in [0.2, 0.25) is 0 Å². The molecule has 2 fully saturated rings. The lowest BCUT2D eigenvalue weighted by Crippen LogP contribution is -2.52. The molecule has 0 radical (unpaired) electrons. The van der Waals surface area contributed by atoms with E-state index in [1.807, 2.05) is 0 Å². The van der Waals surface area contributed by atoms with Crippen LogP contribution >= 0.6 is 0 Å². The molecule has 0 spiro atoms. The summed E-state index contributed by atoms with van der Waals surface area (Å²) in [4.78, 5) is 12.9. The van der Waals surface area contributed by atoms with Gasteiger partial charge < -0.3 is 14.9 Å². The molecule has 0 aromatic heterocycles. The van der Waals surface area contributed by atoms with Crippen molar-refractivity contribution in [3.8, 4) is 0 Å². The van der Waals surface area contributed by atoms with E-state index in [2.05, 4.69) is 4.90 Å². The van der Waals surface area contributed by atoms with Gasteiger partial charge in [-0.25, -0.2) is 4.79 Å². The van der Waals surface area contributed by atoms with E-state index in [1.54, 1.807) is 6.92 Å². The lowest BCUT2D eigenvalue weighted by Gasteiger charge is -2.43. The summed E-state index contributed by atoms with van der Waals surface area (Å²) in [5, 5.41) is 18.5. The molecule has 2 N–H and O–H groups in total. The van der Waals surface area contributed by atoms with Crippen LogP contribution in [0.2, 0.25) is 0 Å². The standard InChI is InChI=1S/C13H23NO4/c1-9(18-13(16)17)12-7-11(15)5-6-14(12)8-10-3-2-4-10/h9-12,15H,2-8H2,1H3,(H,16,17). The molecule has 2 rings (SSSR count). The highest BCUT2D eigenvalue weighted by Crippen LogP contribution is 2.30. The van der Waals surface area contributed by atoms with Crippen molar-refractivity contribution < 1.29 is 19.7 Å². The van der Waals surface area contributed by atoms with E-state index in [0.717, 1.165) is 25.4 Å². The summed E-state index contributed by atoms with van der Waals surface area (Å²) in [5.41, 5.74) is 0. The van der Waals surface area contributed by atoms with Crippen LogP contribution < -0.4 is 0 Å².